The summed E-state index contributed by atoms with van der Waals surface area (Å²) < 4.78 is 0. The van der Waals surface area contributed by atoms with E-state index in [1.807, 2.05) is 11.8 Å². The first-order valence-electron chi connectivity index (χ1n) is 6.14. The molecule has 3 N–H and O–H groups in total. The highest BCUT2D eigenvalue weighted by molar-refractivity contribution is 5.90. The van der Waals surface area contributed by atoms with E-state index >= 15 is 0 Å². The molecule has 0 saturated heterocycles. The molecule has 1 aliphatic carbocycles. The molecule has 0 bridgehead atoms. The first-order valence-corrected chi connectivity index (χ1v) is 6.14. The Kier molecular flexibility index (Phi) is 3.73. The Morgan fingerprint density at radius 1 is 1.65 bits per heavy atom. The Balaban J connectivity index is 2.13. The van der Waals surface area contributed by atoms with Crippen LogP contribution in [0.25, 0.3) is 0 Å². The fraction of sp³-hybridized carbons (Fsp3) is 0.727. The number of H-pyrrole nitrogens is 1. The summed E-state index contributed by atoms with van der Waals surface area (Å²) in [4.78, 5) is 18.0. The average Bonchev–Trinajstić information content (AvgIpc) is 3.01. The van der Waals surface area contributed by atoms with Crippen LogP contribution in [0.5, 0.6) is 0 Å². The number of aromatic amines is 1. The van der Waals surface area contributed by atoms with Crippen molar-refractivity contribution in [1.82, 2.24) is 20.1 Å². The molecule has 2 unspecified atom stereocenters. The van der Waals surface area contributed by atoms with Crippen LogP contribution in [0.4, 0.5) is 0 Å². The average molecular weight is 237 g/mol. The third kappa shape index (κ3) is 2.31. The summed E-state index contributed by atoms with van der Waals surface area (Å²) in [5.74, 6) is 0.659. The quantitative estimate of drug-likeness (QED) is 0.793. The van der Waals surface area contributed by atoms with E-state index in [1.165, 1.54) is 6.33 Å². The van der Waals surface area contributed by atoms with Crippen molar-refractivity contribution in [2.45, 2.75) is 32.2 Å². The van der Waals surface area contributed by atoms with Crippen molar-refractivity contribution in [3.63, 3.8) is 0 Å². The van der Waals surface area contributed by atoms with Gasteiger partial charge in [0.1, 0.15) is 6.33 Å². The fourth-order valence-corrected chi connectivity index (χ4v) is 2.68. The Hall–Kier alpha value is -1.43. The van der Waals surface area contributed by atoms with Gasteiger partial charge in [-0.3, -0.25) is 9.89 Å². The van der Waals surface area contributed by atoms with Gasteiger partial charge in [-0.25, -0.2) is 4.98 Å². The van der Waals surface area contributed by atoms with Gasteiger partial charge in [-0.2, -0.15) is 5.10 Å². The van der Waals surface area contributed by atoms with E-state index in [0.29, 0.717) is 24.8 Å². The molecule has 94 valence electrons. The lowest BCUT2D eigenvalue weighted by Crippen LogP contribution is -2.44. The Morgan fingerprint density at radius 3 is 3.06 bits per heavy atom. The fourth-order valence-electron chi connectivity index (χ4n) is 2.68. The van der Waals surface area contributed by atoms with Gasteiger partial charge in [-0.1, -0.05) is 6.42 Å². The summed E-state index contributed by atoms with van der Waals surface area (Å²) in [5.41, 5.74) is 5.76. The molecule has 6 heteroatoms. The monoisotopic (exact) mass is 237 g/mol. The summed E-state index contributed by atoms with van der Waals surface area (Å²) in [6.07, 6.45) is 4.65. The first kappa shape index (κ1) is 12.0. The summed E-state index contributed by atoms with van der Waals surface area (Å²) in [7, 11) is 0. The highest BCUT2D eigenvalue weighted by atomic mass is 16.2. The molecule has 0 aliphatic heterocycles. The molecule has 6 nitrogen and oxygen atoms in total. The van der Waals surface area contributed by atoms with Crippen molar-refractivity contribution in [3.8, 4) is 0 Å². The maximum absolute atomic E-state index is 12.2. The predicted octanol–water partition coefficient (Wildman–Crippen LogP) is 0.394. The number of carbonyl (C=O) groups is 1. The van der Waals surface area contributed by atoms with E-state index in [9.17, 15) is 4.79 Å². The highest BCUT2D eigenvalue weighted by Crippen LogP contribution is 2.29. The molecule has 2 atom stereocenters. The van der Waals surface area contributed by atoms with Crippen LogP contribution in [0.3, 0.4) is 0 Å². The van der Waals surface area contributed by atoms with Gasteiger partial charge in [0, 0.05) is 12.6 Å². The van der Waals surface area contributed by atoms with Gasteiger partial charge in [-0.05, 0) is 32.2 Å². The van der Waals surface area contributed by atoms with Gasteiger partial charge in [0.2, 0.25) is 5.82 Å². The molecule has 2 rings (SSSR count). The zero-order valence-electron chi connectivity index (χ0n) is 10.1. The number of hydrogen-bond acceptors (Lipinski definition) is 4. The van der Waals surface area contributed by atoms with Crippen molar-refractivity contribution in [1.29, 1.82) is 0 Å². The summed E-state index contributed by atoms with van der Waals surface area (Å²) >= 11 is 0. The maximum Gasteiger partial charge on any atom is 0.291 e. The molecule has 1 heterocycles. The second-order valence-electron chi connectivity index (χ2n) is 4.42. The van der Waals surface area contributed by atoms with Crippen LogP contribution >= 0.6 is 0 Å². The number of aromatic nitrogens is 3. The van der Waals surface area contributed by atoms with Crippen LogP contribution in [0, 0.1) is 5.92 Å². The van der Waals surface area contributed by atoms with Gasteiger partial charge in [0.15, 0.2) is 0 Å². The van der Waals surface area contributed by atoms with Crippen LogP contribution in [0.1, 0.15) is 36.8 Å². The van der Waals surface area contributed by atoms with Crippen LogP contribution in [-0.4, -0.2) is 45.1 Å². The molecule has 0 aromatic carbocycles. The first-order chi connectivity index (χ1) is 8.27. The second-order valence-corrected chi connectivity index (χ2v) is 4.42. The minimum atomic E-state index is -0.0737. The largest absolute Gasteiger partial charge is 0.333 e. The molecule has 1 saturated carbocycles. The van der Waals surface area contributed by atoms with Crippen molar-refractivity contribution >= 4 is 5.91 Å². The normalized spacial score (nSPS) is 23.9. The lowest BCUT2D eigenvalue weighted by Gasteiger charge is -2.31. The zero-order valence-corrected chi connectivity index (χ0v) is 10.1. The molecule has 1 aromatic rings. The van der Waals surface area contributed by atoms with Crippen molar-refractivity contribution in [3.05, 3.63) is 12.2 Å². The van der Waals surface area contributed by atoms with E-state index in [2.05, 4.69) is 15.2 Å². The number of hydrogen-bond donors (Lipinski definition) is 2. The van der Waals surface area contributed by atoms with E-state index in [1.54, 1.807) is 0 Å². The molecule has 17 heavy (non-hydrogen) atoms. The lowest BCUT2D eigenvalue weighted by molar-refractivity contribution is 0.0640. The number of amides is 1. The van der Waals surface area contributed by atoms with Gasteiger partial charge >= 0.3 is 0 Å². The van der Waals surface area contributed by atoms with Gasteiger partial charge in [-0.15, -0.1) is 0 Å². The number of carbonyl (C=O) groups excluding carboxylic acids is 1. The molecule has 1 amide bonds. The Labute approximate surface area is 101 Å². The van der Waals surface area contributed by atoms with Gasteiger partial charge < -0.3 is 10.6 Å². The van der Waals surface area contributed by atoms with Crippen molar-refractivity contribution in [2.75, 3.05) is 13.1 Å². The van der Waals surface area contributed by atoms with E-state index in [0.717, 1.165) is 19.3 Å². The summed E-state index contributed by atoms with van der Waals surface area (Å²) in [5, 5.41) is 6.34. The van der Waals surface area contributed by atoms with Crippen LogP contribution < -0.4 is 5.73 Å². The predicted molar refractivity (Wildman–Crippen MR) is 63.3 cm³/mol. The topological polar surface area (TPSA) is 87.9 Å². The maximum atomic E-state index is 12.2. The molecule has 1 aromatic heterocycles. The minimum Gasteiger partial charge on any atom is -0.333 e. The number of nitrogens with one attached hydrogen (secondary N) is 1. The van der Waals surface area contributed by atoms with Crippen LogP contribution in [0.2, 0.25) is 0 Å². The summed E-state index contributed by atoms with van der Waals surface area (Å²) in [6.45, 7) is 3.31. The molecule has 1 fully saturated rings. The number of nitrogens with two attached hydrogens (primary N) is 1. The van der Waals surface area contributed by atoms with Crippen LogP contribution in [0.15, 0.2) is 6.33 Å². The number of rotatable bonds is 4. The lowest BCUT2D eigenvalue weighted by atomic mass is 10.0. The molecule has 0 radical (unpaired) electrons. The SMILES string of the molecule is CCN(C(=O)c1ncn[nH]1)C1CCCC1CN. The smallest absolute Gasteiger partial charge is 0.291 e. The van der Waals surface area contributed by atoms with Crippen LogP contribution in [-0.2, 0) is 0 Å². The third-order valence-corrected chi connectivity index (χ3v) is 3.54. The Bertz CT molecular complexity index is 364. The van der Waals surface area contributed by atoms with E-state index in [-0.39, 0.29) is 11.9 Å². The molecule has 0 spiro atoms. The standard InChI is InChI=1S/C11H19N5O/c1-2-16(9-5-3-4-8(9)6-12)11(17)10-13-7-14-15-10/h7-9H,2-6,12H2,1H3,(H,13,14,15). The molecule has 1 aliphatic rings. The Morgan fingerprint density at radius 2 is 2.47 bits per heavy atom. The second kappa shape index (κ2) is 5.27. The molecular weight excluding hydrogens is 218 g/mol. The number of nitrogens with zero attached hydrogens (tertiary/aromatic N) is 3. The van der Waals surface area contributed by atoms with Crippen molar-refractivity contribution in [2.24, 2.45) is 11.7 Å². The summed E-state index contributed by atoms with van der Waals surface area (Å²) in [6, 6.07) is 0.252. The third-order valence-electron chi connectivity index (χ3n) is 3.54. The van der Waals surface area contributed by atoms with Gasteiger partial charge in [0.25, 0.3) is 5.91 Å². The molecular formula is C11H19N5O. The zero-order chi connectivity index (χ0) is 12.3. The minimum absolute atomic E-state index is 0.0737. The van der Waals surface area contributed by atoms with Crippen molar-refractivity contribution < 1.29 is 4.79 Å². The van der Waals surface area contributed by atoms with Gasteiger partial charge in [0.05, 0.1) is 0 Å². The van der Waals surface area contributed by atoms with E-state index in [4.69, 9.17) is 5.73 Å². The van der Waals surface area contributed by atoms with E-state index < -0.39 is 0 Å². The highest BCUT2D eigenvalue weighted by Gasteiger charge is 2.34.